The van der Waals surface area contributed by atoms with Crippen molar-refractivity contribution in [3.63, 3.8) is 0 Å². The van der Waals surface area contributed by atoms with Crippen LogP contribution in [0.15, 0.2) is 42.5 Å². The van der Waals surface area contributed by atoms with Gasteiger partial charge in [0.2, 0.25) is 0 Å². The SMILES string of the molecule is Cc1ccccc1-c1cccc(-c2nc3c(s2)CNCC3)c1C. The quantitative estimate of drug-likeness (QED) is 0.738. The van der Waals surface area contributed by atoms with Crippen molar-refractivity contribution in [3.05, 3.63) is 64.2 Å². The molecule has 3 heteroatoms. The Balaban J connectivity index is 1.83. The highest BCUT2D eigenvalue weighted by Gasteiger charge is 2.17. The van der Waals surface area contributed by atoms with E-state index < -0.39 is 0 Å². The van der Waals surface area contributed by atoms with E-state index in [1.54, 1.807) is 0 Å². The molecular formula is C20H20N2S. The Morgan fingerprint density at radius 1 is 0.957 bits per heavy atom. The Hall–Kier alpha value is -1.97. The van der Waals surface area contributed by atoms with Gasteiger partial charge in [-0.25, -0.2) is 4.98 Å². The molecule has 23 heavy (non-hydrogen) atoms. The summed E-state index contributed by atoms with van der Waals surface area (Å²) in [5, 5.41) is 4.59. The minimum absolute atomic E-state index is 0.962. The molecule has 116 valence electrons. The molecule has 1 aliphatic heterocycles. The number of rotatable bonds is 2. The van der Waals surface area contributed by atoms with Gasteiger partial charge >= 0.3 is 0 Å². The number of hydrogen-bond donors (Lipinski definition) is 1. The van der Waals surface area contributed by atoms with Crippen LogP contribution in [0.5, 0.6) is 0 Å². The van der Waals surface area contributed by atoms with Crippen molar-refractivity contribution < 1.29 is 0 Å². The first-order valence-corrected chi connectivity index (χ1v) is 8.91. The lowest BCUT2D eigenvalue weighted by atomic mass is 9.94. The molecule has 3 aromatic rings. The second kappa shape index (κ2) is 5.91. The molecule has 4 rings (SSSR count). The van der Waals surface area contributed by atoms with Crippen LogP contribution in [0.1, 0.15) is 21.7 Å². The summed E-state index contributed by atoms with van der Waals surface area (Å²) in [4.78, 5) is 6.31. The lowest BCUT2D eigenvalue weighted by Crippen LogP contribution is -2.22. The number of aromatic nitrogens is 1. The molecule has 0 unspecified atom stereocenters. The molecule has 2 aromatic carbocycles. The summed E-state index contributed by atoms with van der Waals surface area (Å²) >= 11 is 1.84. The van der Waals surface area contributed by atoms with Crippen LogP contribution in [0, 0.1) is 13.8 Å². The first kappa shape index (κ1) is 14.6. The van der Waals surface area contributed by atoms with Crippen LogP contribution in [0.25, 0.3) is 21.7 Å². The van der Waals surface area contributed by atoms with Gasteiger partial charge in [-0.3, -0.25) is 0 Å². The highest BCUT2D eigenvalue weighted by atomic mass is 32.1. The van der Waals surface area contributed by atoms with Crippen LogP contribution in [-0.4, -0.2) is 11.5 Å². The van der Waals surface area contributed by atoms with E-state index in [9.17, 15) is 0 Å². The summed E-state index contributed by atoms with van der Waals surface area (Å²) in [6, 6.07) is 15.2. The maximum Gasteiger partial charge on any atom is 0.124 e. The van der Waals surface area contributed by atoms with Crippen molar-refractivity contribution >= 4 is 11.3 Å². The third-order valence-electron chi connectivity index (χ3n) is 4.60. The predicted octanol–water partition coefficient (Wildman–Crippen LogP) is 4.74. The maximum atomic E-state index is 4.92. The number of nitrogens with zero attached hydrogens (tertiary/aromatic N) is 1. The third-order valence-corrected chi connectivity index (χ3v) is 5.73. The highest BCUT2D eigenvalue weighted by Crippen LogP contribution is 2.36. The largest absolute Gasteiger partial charge is 0.311 e. The summed E-state index contributed by atoms with van der Waals surface area (Å²) < 4.78 is 0. The van der Waals surface area contributed by atoms with Crippen LogP contribution in [0.2, 0.25) is 0 Å². The standard InChI is InChI=1S/C20H20N2S/c1-13-6-3-4-7-15(13)16-8-5-9-17(14(16)2)20-22-18-10-11-21-12-19(18)23-20/h3-9,21H,10-12H2,1-2H3. The minimum atomic E-state index is 0.962. The Morgan fingerprint density at radius 3 is 2.57 bits per heavy atom. The van der Waals surface area contributed by atoms with E-state index in [1.807, 2.05) is 11.3 Å². The molecule has 0 fully saturated rings. The van der Waals surface area contributed by atoms with Gasteiger partial charge in [0.25, 0.3) is 0 Å². The molecule has 0 saturated heterocycles. The number of benzene rings is 2. The maximum absolute atomic E-state index is 4.92. The molecule has 1 N–H and O–H groups in total. The van der Waals surface area contributed by atoms with Crippen LogP contribution in [-0.2, 0) is 13.0 Å². The third kappa shape index (κ3) is 2.60. The summed E-state index contributed by atoms with van der Waals surface area (Å²) in [7, 11) is 0. The fourth-order valence-corrected chi connectivity index (χ4v) is 4.43. The zero-order valence-electron chi connectivity index (χ0n) is 13.5. The molecule has 0 spiro atoms. The molecule has 1 aliphatic rings. The van der Waals surface area contributed by atoms with E-state index in [4.69, 9.17) is 4.98 Å². The van der Waals surface area contributed by atoms with Crippen molar-refractivity contribution in [1.29, 1.82) is 0 Å². The van der Waals surface area contributed by atoms with Crippen LogP contribution in [0.3, 0.4) is 0 Å². The monoisotopic (exact) mass is 320 g/mol. The zero-order valence-corrected chi connectivity index (χ0v) is 14.3. The van der Waals surface area contributed by atoms with Gasteiger partial charge in [-0.15, -0.1) is 11.3 Å². The van der Waals surface area contributed by atoms with E-state index in [0.29, 0.717) is 0 Å². The summed E-state index contributed by atoms with van der Waals surface area (Å²) in [5.74, 6) is 0. The van der Waals surface area contributed by atoms with Crippen molar-refractivity contribution in [3.8, 4) is 21.7 Å². The molecule has 2 nitrogen and oxygen atoms in total. The molecule has 0 radical (unpaired) electrons. The number of hydrogen-bond acceptors (Lipinski definition) is 3. The average Bonchev–Trinajstić information content (AvgIpc) is 2.99. The van der Waals surface area contributed by atoms with Gasteiger partial charge in [0.15, 0.2) is 0 Å². The Morgan fingerprint density at radius 2 is 1.74 bits per heavy atom. The molecule has 0 atom stereocenters. The van der Waals surface area contributed by atoms with Crippen LogP contribution in [0.4, 0.5) is 0 Å². The molecule has 1 aromatic heterocycles. The summed E-state index contributed by atoms with van der Waals surface area (Å²) in [6.07, 6.45) is 1.04. The molecule has 2 heterocycles. The molecule has 0 aliphatic carbocycles. The summed E-state index contributed by atoms with van der Waals surface area (Å²) in [5.41, 5.74) is 7.81. The Labute approximate surface area is 141 Å². The van der Waals surface area contributed by atoms with Gasteiger partial charge in [-0.2, -0.15) is 0 Å². The number of thiazole rings is 1. The lowest BCUT2D eigenvalue weighted by Gasteiger charge is -2.12. The van der Waals surface area contributed by atoms with E-state index >= 15 is 0 Å². The van der Waals surface area contributed by atoms with Gasteiger partial charge in [-0.1, -0.05) is 42.5 Å². The second-order valence-corrected chi connectivity index (χ2v) is 7.19. The van der Waals surface area contributed by atoms with Gasteiger partial charge in [0, 0.05) is 30.0 Å². The van der Waals surface area contributed by atoms with E-state index in [1.165, 1.54) is 38.4 Å². The smallest absolute Gasteiger partial charge is 0.124 e. The zero-order chi connectivity index (χ0) is 15.8. The van der Waals surface area contributed by atoms with E-state index in [-0.39, 0.29) is 0 Å². The highest BCUT2D eigenvalue weighted by molar-refractivity contribution is 7.15. The van der Waals surface area contributed by atoms with E-state index in [2.05, 4.69) is 61.6 Å². The Bertz CT molecular complexity index is 840. The van der Waals surface area contributed by atoms with Crippen LogP contribution >= 0.6 is 11.3 Å². The predicted molar refractivity (Wildman–Crippen MR) is 97.9 cm³/mol. The minimum Gasteiger partial charge on any atom is -0.311 e. The number of fused-ring (bicyclic) bond motifs is 1. The topological polar surface area (TPSA) is 24.9 Å². The van der Waals surface area contributed by atoms with Crippen molar-refractivity contribution in [2.45, 2.75) is 26.8 Å². The first-order chi connectivity index (χ1) is 11.2. The summed E-state index contributed by atoms with van der Waals surface area (Å²) in [6.45, 7) is 6.40. The second-order valence-electron chi connectivity index (χ2n) is 6.11. The van der Waals surface area contributed by atoms with Crippen molar-refractivity contribution in [1.82, 2.24) is 10.3 Å². The van der Waals surface area contributed by atoms with E-state index in [0.717, 1.165) is 24.5 Å². The van der Waals surface area contributed by atoms with Crippen molar-refractivity contribution in [2.75, 3.05) is 6.54 Å². The van der Waals surface area contributed by atoms with Gasteiger partial charge in [0.1, 0.15) is 5.01 Å². The average molecular weight is 320 g/mol. The first-order valence-electron chi connectivity index (χ1n) is 8.09. The fourth-order valence-electron chi connectivity index (χ4n) is 3.27. The van der Waals surface area contributed by atoms with Gasteiger partial charge in [0.05, 0.1) is 5.69 Å². The fraction of sp³-hybridized carbons (Fsp3) is 0.250. The number of nitrogens with one attached hydrogen (secondary N) is 1. The van der Waals surface area contributed by atoms with Crippen molar-refractivity contribution in [2.24, 2.45) is 0 Å². The van der Waals surface area contributed by atoms with Gasteiger partial charge < -0.3 is 5.32 Å². The normalized spacial score (nSPS) is 13.8. The van der Waals surface area contributed by atoms with Crippen LogP contribution < -0.4 is 5.32 Å². The molecule has 0 bridgehead atoms. The molecule has 0 amide bonds. The lowest BCUT2D eigenvalue weighted by molar-refractivity contribution is 0.644. The molecular weight excluding hydrogens is 300 g/mol. The Kier molecular flexibility index (Phi) is 3.76. The number of aryl methyl sites for hydroxylation is 1. The molecule has 0 saturated carbocycles. The van der Waals surface area contributed by atoms with Gasteiger partial charge in [-0.05, 0) is 36.1 Å².